The molecule has 3 aromatic carbocycles. The summed E-state index contributed by atoms with van der Waals surface area (Å²) in [5, 5.41) is 54.3. The zero-order valence-corrected chi connectivity index (χ0v) is 83.7. The summed E-state index contributed by atoms with van der Waals surface area (Å²) in [4.78, 5) is 227. The smallest absolute Gasteiger partial charge is 0.261 e. The van der Waals surface area contributed by atoms with Gasteiger partial charge in [0, 0.05) is 133 Å². The summed E-state index contributed by atoms with van der Waals surface area (Å²) >= 11 is 0. The molecular formula is C100H154N24O18. The topological polar surface area (TPSA) is 622 Å². The monoisotopic (exact) mass is 1980 g/mol. The molecule has 0 bridgehead atoms. The van der Waals surface area contributed by atoms with Gasteiger partial charge in [-0.1, -0.05) is 162 Å². The number of phenolic OH excluding ortho intramolecular Hbond substituents is 1. The number of amides is 14. The number of likely N-dealkylation sites (N-methyl/N-ethyl adjacent to an activating group) is 1. The Kier molecular flexibility index (Phi) is 51.3. The molecule has 0 spiro atoms. The van der Waals surface area contributed by atoms with Gasteiger partial charge < -0.3 is 121 Å². The van der Waals surface area contributed by atoms with Gasteiger partial charge in [-0.2, -0.15) is 0 Å². The van der Waals surface area contributed by atoms with Crippen molar-refractivity contribution in [1.29, 1.82) is 5.41 Å². The highest BCUT2D eigenvalue weighted by Crippen LogP contribution is 2.25. The van der Waals surface area contributed by atoms with Crippen molar-refractivity contribution in [3.8, 4) is 5.75 Å². The minimum atomic E-state index is -1.75. The van der Waals surface area contributed by atoms with Gasteiger partial charge in [0.2, 0.25) is 82.7 Å². The number of aromatic nitrogens is 5. The number of rotatable bonds is 68. The number of unbranched alkanes of at least 4 members (excludes halogenated alkanes) is 13. The zero-order chi connectivity index (χ0) is 103. The van der Waals surface area contributed by atoms with Crippen LogP contribution in [-0.4, -0.2) is 263 Å². The standard InChI is InChI=1S/C100H154N24O18/c1-9-11-12-13-14-15-16-17-18-19-20-21-22-32-84(127)108-43-49-141-51-52-142-50-44-109-86(129)40-39-85(128)107-41-26-25-30-77(115-96(137)88(102)66(7)10-2)99(140)123-47-45-122(46-48-123)70-35-38-75-73(57-70)98(139)124(63-113-75)61-87(130)114-76(31-27-42-110-100(103)104)90(131)119-81(56-69-60-106-62-112-69)93(134)117-79(54-67-33-36-71(125)37-34-67)92(133)116-78(53-64(3)4)91(132)120-82(58-83(101)126)94(135)118-80(95(136)121-89(65(5)6)97(138)105-8)55-68-59-111-74-29-24-23-28-72(68)74/h23-24,28-29,33-38,57,59-60,62-66,76-82,88-89,111,125H,9-22,25-27,30-32,39-56,58,61,102H2,1-8H3,(H2,101,126)(H,105,138)(H,106,112)(H,107,128)(H,108,127)(H,109,129)(H,114,130)(H,115,137)(H,116,133)(H,117,134)(H,118,135)(H,119,131)(H,120,132)(H,121,136)(H4,103,104,110)/t66-,76-,77-,78-,79-,80-,81-,82-,88-,89-/m0/s1. The molecule has 142 heavy (non-hydrogen) atoms. The molecule has 4 heterocycles. The van der Waals surface area contributed by atoms with Crippen LogP contribution in [0.1, 0.15) is 219 Å². The fourth-order valence-corrected chi connectivity index (χ4v) is 16.5. The van der Waals surface area contributed by atoms with E-state index >= 15 is 9.59 Å². The summed E-state index contributed by atoms with van der Waals surface area (Å²) in [7, 11) is 1.41. The third-order valence-corrected chi connectivity index (χ3v) is 25.0. The van der Waals surface area contributed by atoms with E-state index < -0.39 is 138 Å². The van der Waals surface area contributed by atoms with E-state index in [1.165, 1.54) is 114 Å². The first-order valence-corrected chi connectivity index (χ1v) is 50.2. The van der Waals surface area contributed by atoms with Crippen molar-refractivity contribution in [3.63, 3.8) is 0 Å². The second kappa shape index (κ2) is 62.9. The number of primary amides is 1. The second-order valence-electron chi connectivity index (χ2n) is 37.2. The fraction of sp³-hybridized carbons (Fsp3) is 0.600. The summed E-state index contributed by atoms with van der Waals surface area (Å²) in [6.07, 6.45) is 22.4. The van der Waals surface area contributed by atoms with Crippen LogP contribution < -0.4 is 96.8 Å². The molecule has 23 N–H and O–H groups in total. The molecule has 0 aliphatic carbocycles. The maximum absolute atomic E-state index is 15.1. The number of para-hydroxylation sites is 1. The Morgan fingerprint density at radius 2 is 1.06 bits per heavy atom. The molecule has 42 heteroatoms. The zero-order valence-electron chi connectivity index (χ0n) is 83.7. The highest BCUT2D eigenvalue weighted by Gasteiger charge is 2.38. The minimum absolute atomic E-state index is 0.0309. The maximum atomic E-state index is 15.1. The molecule has 782 valence electrons. The van der Waals surface area contributed by atoms with Crippen LogP contribution in [0.4, 0.5) is 5.69 Å². The van der Waals surface area contributed by atoms with Crippen LogP contribution in [0.5, 0.6) is 5.75 Å². The summed E-state index contributed by atoms with van der Waals surface area (Å²) in [6.45, 7) is 15.5. The lowest BCUT2D eigenvalue weighted by molar-refractivity contribution is -0.137. The first-order valence-electron chi connectivity index (χ1n) is 50.2. The molecule has 3 aromatic heterocycles. The quantitative estimate of drug-likeness (QED) is 0.0148. The molecule has 1 saturated heterocycles. The van der Waals surface area contributed by atoms with E-state index in [0.717, 1.165) is 34.7 Å². The molecule has 0 unspecified atom stereocenters. The highest BCUT2D eigenvalue weighted by atomic mass is 16.5. The van der Waals surface area contributed by atoms with Crippen molar-refractivity contribution >= 4 is 116 Å². The van der Waals surface area contributed by atoms with Crippen molar-refractivity contribution in [2.75, 3.05) is 90.7 Å². The molecule has 1 aliphatic rings. The number of benzene rings is 3. The average Bonchev–Trinajstić information content (AvgIpc) is 1.24. The normalized spacial score (nSPS) is 14.1. The molecule has 0 radical (unpaired) electrons. The highest BCUT2D eigenvalue weighted by molar-refractivity contribution is 6.00. The van der Waals surface area contributed by atoms with Crippen LogP contribution in [0.15, 0.2) is 96.6 Å². The number of ether oxygens (including phenoxy) is 2. The Hall–Kier alpha value is -13.1. The van der Waals surface area contributed by atoms with Crippen molar-refractivity contribution in [1.82, 2.24) is 98.5 Å². The third kappa shape index (κ3) is 41.6. The number of fused-ring (bicyclic) bond motifs is 2. The molecule has 10 atom stereocenters. The summed E-state index contributed by atoms with van der Waals surface area (Å²) in [5.41, 5.74) is 20.0. The average molecular weight is 1980 g/mol. The first kappa shape index (κ1) is 116. The third-order valence-electron chi connectivity index (χ3n) is 25.0. The van der Waals surface area contributed by atoms with E-state index in [1.807, 2.05) is 30.9 Å². The molecule has 42 nitrogen and oxygen atoms in total. The number of nitrogens with zero attached hydrogens (tertiary/aromatic N) is 5. The van der Waals surface area contributed by atoms with Gasteiger partial charge in [-0.25, -0.2) is 9.97 Å². The lowest BCUT2D eigenvalue weighted by atomic mass is 9.98. The molecular weight excluding hydrogens is 1830 g/mol. The number of hydrogen-bond acceptors (Lipinski definition) is 23. The number of H-pyrrole nitrogens is 2. The molecule has 7 rings (SSSR count). The van der Waals surface area contributed by atoms with E-state index in [0.29, 0.717) is 93.2 Å². The largest absolute Gasteiger partial charge is 0.508 e. The number of hydrogen-bond donors (Lipinski definition) is 20. The van der Waals surface area contributed by atoms with E-state index in [9.17, 15) is 67.4 Å². The van der Waals surface area contributed by atoms with E-state index in [1.54, 1.807) is 69.1 Å². The second-order valence-corrected chi connectivity index (χ2v) is 37.2. The Labute approximate surface area is 830 Å². The van der Waals surface area contributed by atoms with E-state index in [4.69, 9.17) is 32.1 Å². The van der Waals surface area contributed by atoms with E-state index in [2.05, 4.69) is 96.0 Å². The number of aromatic hydroxyl groups is 1. The van der Waals surface area contributed by atoms with Crippen molar-refractivity contribution < 1.29 is 81.7 Å². The van der Waals surface area contributed by atoms with Gasteiger partial charge in [0.1, 0.15) is 60.6 Å². The van der Waals surface area contributed by atoms with Gasteiger partial charge in [-0.3, -0.25) is 81.9 Å². The molecule has 0 saturated carbocycles. The summed E-state index contributed by atoms with van der Waals surface area (Å²) in [5.74, 6) is -10.8. The van der Waals surface area contributed by atoms with E-state index in [-0.39, 0.29) is 150 Å². The number of piperazine rings is 1. The maximum Gasteiger partial charge on any atom is 0.261 e. The summed E-state index contributed by atoms with van der Waals surface area (Å²) in [6, 6.07) is 5.79. The predicted octanol–water partition coefficient (Wildman–Crippen LogP) is 3.34. The van der Waals surface area contributed by atoms with Crippen LogP contribution in [0.25, 0.3) is 21.8 Å². The number of anilines is 1. The number of imidazole rings is 1. The van der Waals surface area contributed by atoms with Gasteiger partial charge in [0.05, 0.1) is 62.4 Å². The van der Waals surface area contributed by atoms with Gasteiger partial charge in [0.25, 0.3) is 5.56 Å². The summed E-state index contributed by atoms with van der Waals surface area (Å²) < 4.78 is 12.2. The lowest BCUT2D eigenvalue weighted by Crippen LogP contribution is -2.61. The lowest BCUT2D eigenvalue weighted by Gasteiger charge is -2.38. The molecule has 14 amide bonds. The Balaban J connectivity index is 0.932. The first-order chi connectivity index (χ1) is 68.1. The van der Waals surface area contributed by atoms with Crippen molar-refractivity contribution in [2.24, 2.45) is 35.0 Å². The van der Waals surface area contributed by atoms with Gasteiger partial charge in [-0.15, -0.1) is 0 Å². The predicted molar refractivity (Wildman–Crippen MR) is 539 cm³/mol. The Morgan fingerprint density at radius 3 is 1.65 bits per heavy atom. The number of carbonyl (C=O) groups excluding carboxylic acids is 14. The number of aromatic amines is 2. The molecule has 1 fully saturated rings. The van der Waals surface area contributed by atoms with Gasteiger partial charge in [-0.05, 0) is 110 Å². The number of nitrogens with two attached hydrogens (primary N) is 3. The van der Waals surface area contributed by atoms with Crippen LogP contribution in [0.3, 0.4) is 0 Å². The fourth-order valence-electron chi connectivity index (χ4n) is 16.5. The van der Waals surface area contributed by atoms with Crippen molar-refractivity contribution in [2.45, 2.75) is 283 Å². The molecule has 1 aliphatic heterocycles. The minimum Gasteiger partial charge on any atom is -0.508 e. The van der Waals surface area contributed by atoms with Gasteiger partial charge >= 0.3 is 0 Å². The van der Waals surface area contributed by atoms with Gasteiger partial charge in [0.15, 0.2) is 5.96 Å². The number of carbonyl (C=O) groups is 14. The Morgan fingerprint density at radius 1 is 0.521 bits per heavy atom. The van der Waals surface area contributed by atoms with Crippen LogP contribution in [0.2, 0.25) is 0 Å². The van der Waals surface area contributed by atoms with Crippen LogP contribution in [0, 0.1) is 23.2 Å². The molecule has 6 aromatic rings. The number of nitrogens with one attached hydrogen (secondary N) is 16. The van der Waals surface area contributed by atoms with Crippen LogP contribution >= 0.6 is 0 Å². The van der Waals surface area contributed by atoms with Crippen molar-refractivity contribution in [3.05, 3.63) is 119 Å². The SMILES string of the molecule is CCCCCCCCCCCCCCCC(=O)NCCOCCOCCNC(=O)CCC(=O)NCCCC[C@H](NC(=O)[C@@H](N)[C@@H](C)CC)C(=O)N1CCN(c2ccc3ncn(CC(=O)N[C@@H](CCCNC(=N)N)C(=O)N[C@@H](Cc4cnc[nH]4)C(=O)N[C@@H](Cc4ccc(O)cc4)C(=O)N[C@@H](CC(C)C)C(=O)N[C@@H](CC(N)=O)C(=O)N[C@@H](Cc4c[nH]c5ccccc45)C(=O)N[C@H](C(=O)NC)C(C)C)c(=O)c3c2)CC1. The van der Waals surface area contributed by atoms with Crippen LogP contribution in [-0.2, 0) is 102 Å². The Bertz CT molecular complexity index is 5080. The number of guanidine groups is 1. The number of phenols is 1.